The Hall–Kier alpha value is -1.13. The molecule has 0 aliphatic heterocycles. The SMILES string of the molecule is O=C(c1ccsc1)N(Cc1cccs1)C1CC1. The number of carbonyl (C=O) groups excluding carboxylic acids is 1. The molecule has 1 saturated carbocycles. The van der Waals surface area contributed by atoms with Crippen molar-refractivity contribution < 1.29 is 4.79 Å². The molecule has 0 bridgehead atoms. The van der Waals surface area contributed by atoms with Crippen LogP contribution < -0.4 is 0 Å². The lowest BCUT2D eigenvalue weighted by atomic mass is 10.2. The van der Waals surface area contributed by atoms with Crippen molar-refractivity contribution in [2.45, 2.75) is 25.4 Å². The molecule has 0 atom stereocenters. The number of hydrogen-bond acceptors (Lipinski definition) is 3. The Labute approximate surface area is 109 Å². The van der Waals surface area contributed by atoms with Crippen LogP contribution in [0.3, 0.4) is 0 Å². The molecule has 1 fully saturated rings. The second-order valence-corrected chi connectivity index (χ2v) is 6.07. The van der Waals surface area contributed by atoms with E-state index >= 15 is 0 Å². The van der Waals surface area contributed by atoms with E-state index in [1.165, 1.54) is 4.88 Å². The van der Waals surface area contributed by atoms with Crippen molar-refractivity contribution in [3.8, 4) is 0 Å². The minimum atomic E-state index is 0.183. The summed E-state index contributed by atoms with van der Waals surface area (Å²) in [5, 5.41) is 5.96. The molecule has 4 heteroatoms. The molecule has 0 spiro atoms. The normalized spacial score (nSPS) is 14.8. The highest BCUT2D eigenvalue weighted by Crippen LogP contribution is 2.30. The van der Waals surface area contributed by atoms with Crippen LogP contribution in [-0.2, 0) is 6.54 Å². The zero-order valence-electron chi connectivity index (χ0n) is 9.33. The predicted molar refractivity (Wildman–Crippen MR) is 71.5 cm³/mol. The van der Waals surface area contributed by atoms with Gasteiger partial charge in [0.05, 0.1) is 12.1 Å². The Morgan fingerprint density at radius 1 is 1.35 bits per heavy atom. The van der Waals surface area contributed by atoms with Gasteiger partial charge in [0.15, 0.2) is 0 Å². The van der Waals surface area contributed by atoms with Crippen LogP contribution in [0.2, 0.25) is 0 Å². The molecule has 0 aromatic carbocycles. The highest BCUT2D eigenvalue weighted by molar-refractivity contribution is 7.09. The van der Waals surface area contributed by atoms with Crippen LogP contribution in [0.5, 0.6) is 0 Å². The van der Waals surface area contributed by atoms with Crippen LogP contribution in [0.1, 0.15) is 28.1 Å². The molecule has 0 N–H and O–H groups in total. The van der Waals surface area contributed by atoms with Crippen molar-refractivity contribution in [3.05, 3.63) is 44.8 Å². The minimum absolute atomic E-state index is 0.183. The van der Waals surface area contributed by atoms with Gasteiger partial charge in [-0.05, 0) is 35.7 Å². The number of carbonyl (C=O) groups is 1. The van der Waals surface area contributed by atoms with Gasteiger partial charge in [-0.15, -0.1) is 11.3 Å². The Morgan fingerprint density at radius 3 is 2.82 bits per heavy atom. The van der Waals surface area contributed by atoms with Gasteiger partial charge < -0.3 is 4.90 Å². The molecule has 2 aromatic heterocycles. The average Bonchev–Trinajstić information content (AvgIpc) is 2.86. The van der Waals surface area contributed by atoms with Gasteiger partial charge in [-0.2, -0.15) is 11.3 Å². The maximum absolute atomic E-state index is 12.4. The van der Waals surface area contributed by atoms with E-state index in [-0.39, 0.29) is 5.91 Å². The maximum Gasteiger partial charge on any atom is 0.255 e. The Morgan fingerprint density at radius 2 is 2.24 bits per heavy atom. The molecule has 2 heterocycles. The molecular formula is C13H13NOS2. The van der Waals surface area contributed by atoms with Crippen molar-refractivity contribution in [1.82, 2.24) is 4.90 Å². The smallest absolute Gasteiger partial charge is 0.255 e. The average molecular weight is 263 g/mol. The van der Waals surface area contributed by atoms with E-state index in [2.05, 4.69) is 11.4 Å². The summed E-state index contributed by atoms with van der Waals surface area (Å²) in [6.45, 7) is 0.761. The molecule has 2 nitrogen and oxygen atoms in total. The van der Waals surface area contributed by atoms with Gasteiger partial charge >= 0.3 is 0 Å². The summed E-state index contributed by atoms with van der Waals surface area (Å²) < 4.78 is 0. The van der Waals surface area contributed by atoms with Gasteiger partial charge in [0.1, 0.15) is 0 Å². The largest absolute Gasteiger partial charge is 0.330 e. The first-order valence-corrected chi connectivity index (χ1v) is 7.52. The van der Waals surface area contributed by atoms with Crippen molar-refractivity contribution in [2.75, 3.05) is 0 Å². The van der Waals surface area contributed by atoms with E-state index in [4.69, 9.17) is 0 Å². The van der Waals surface area contributed by atoms with E-state index < -0.39 is 0 Å². The molecule has 3 rings (SSSR count). The quantitative estimate of drug-likeness (QED) is 0.825. The van der Waals surface area contributed by atoms with Gasteiger partial charge in [-0.3, -0.25) is 4.79 Å². The molecule has 1 amide bonds. The summed E-state index contributed by atoms with van der Waals surface area (Å²) in [5.74, 6) is 0.183. The van der Waals surface area contributed by atoms with Crippen LogP contribution >= 0.6 is 22.7 Å². The maximum atomic E-state index is 12.4. The molecule has 2 aromatic rings. The Kier molecular flexibility index (Phi) is 2.99. The third-order valence-electron chi connectivity index (χ3n) is 2.92. The Bertz CT molecular complexity index is 485. The molecule has 0 radical (unpaired) electrons. The molecular weight excluding hydrogens is 250 g/mol. The van der Waals surface area contributed by atoms with Crippen LogP contribution in [0.15, 0.2) is 34.3 Å². The lowest BCUT2D eigenvalue weighted by molar-refractivity contribution is 0.0732. The van der Waals surface area contributed by atoms with Crippen LogP contribution in [0.4, 0.5) is 0 Å². The third-order valence-corrected chi connectivity index (χ3v) is 4.47. The van der Waals surface area contributed by atoms with Gasteiger partial charge in [0.25, 0.3) is 5.91 Å². The second-order valence-electron chi connectivity index (χ2n) is 4.26. The molecule has 1 aliphatic rings. The van der Waals surface area contributed by atoms with Gasteiger partial charge in [0.2, 0.25) is 0 Å². The zero-order valence-corrected chi connectivity index (χ0v) is 11.0. The number of rotatable bonds is 4. The van der Waals surface area contributed by atoms with Crippen LogP contribution in [0.25, 0.3) is 0 Å². The first kappa shape index (κ1) is 11.0. The van der Waals surface area contributed by atoms with E-state index in [1.54, 1.807) is 22.7 Å². The highest BCUT2D eigenvalue weighted by Gasteiger charge is 2.33. The summed E-state index contributed by atoms with van der Waals surface area (Å²) in [5.41, 5.74) is 0.832. The van der Waals surface area contributed by atoms with E-state index in [9.17, 15) is 4.79 Å². The lowest BCUT2D eigenvalue weighted by Crippen LogP contribution is -2.31. The van der Waals surface area contributed by atoms with Gasteiger partial charge in [0, 0.05) is 16.3 Å². The fraction of sp³-hybridized carbons (Fsp3) is 0.308. The lowest BCUT2D eigenvalue weighted by Gasteiger charge is -2.21. The van der Waals surface area contributed by atoms with E-state index in [0.29, 0.717) is 6.04 Å². The zero-order chi connectivity index (χ0) is 11.7. The van der Waals surface area contributed by atoms with Crippen molar-refractivity contribution in [2.24, 2.45) is 0 Å². The summed E-state index contributed by atoms with van der Waals surface area (Å²) >= 11 is 3.30. The topological polar surface area (TPSA) is 20.3 Å². The number of nitrogens with zero attached hydrogens (tertiary/aromatic N) is 1. The number of thiophene rings is 2. The van der Waals surface area contributed by atoms with Crippen molar-refractivity contribution in [3.63, 3.8) is 0 Å². The van der Waals surface area contributed by atoms with Gasteiger partial charge in [-0.25, -0.2) is 0 Å². The predicted octanol–water partition coefficient (Wildman–Crippen LogP) is 3.61. The monoisotopic (exact) mass is 263 g/mol. The van der Waals surface area contributed by atoms with E-state index in [0.717, 1.165) is 24.9 Å². The summed E-state index contributed by atoms with van der Waals surface area (Å²) in [6.07, 6.45) is 2.31. The molecule has 0 unspecified atom stereocenters. The molecule has 17 heavy (non-hydrogen) atoms. The second kappa shape index (κ2) is 4.63. The fourth-order valence-corrected chi connectivity index (χ4v) is 3.21. The van der Waals surface area contributed by atoms with Crippen molar-refractivity contribution in [1.29, 1.82) is 0 Å². The van der Waals surface area contributed by atoms with E-state index in [1.807, 2.05) is 27.8 Å². The third kappa shape index (κ3) is 2.42. The van der Waals surface area contributed by atoms with Crippen molar-refractivity contribution >= 4 is 28.6 Å². The first-order chi connectivity index (χ1) is 8.34. The number of hydrogen-bond donors (Lipinski definition) is 0. The highest BCUT2D eigenvalue weighted by atomic mass is 32.1. The van der Waals surface area contributed by atoms with Crippen LogP contribution in [0, 0.1) is 0 Å². The van der Waals surface area contributed by atoms with Gasteiger partial charge in [-0.1, -0.05) is 6.07 Å². The molecule has 88 valence electrons. The first-order valence-electron chi connectivity index (χ1n) is 5.70. The standard InChI is InChI=1S/C13H13NOS2/c15-13(10-5-7-16-9-10)14(11-3-4-11)8-12-2-1-6-17-12/h1-2,5-7,9,11H,3-4,8H2. The molecule has 1 aliphatic carbocycles. The minimum Gasteiger partial charge on any atom is -0.330 e. The molecule has 0 saturated heterocycles. The summed E-state index contributed by atoms with van der Waals surface area (Å²) in [4.78, 5) is 15.6. The summed E-state index contributed by atoms with van der Waals surface area (Å²) in [7, 11) is 0. The van der Waals surface area contributed by atoms with Crippen LogP contribution in [-0.4, -0.2) is 16.8 Å². The fourth-order valence-electron chi connectivity index (χ4n) is 1.88. The Balaban J connectivity index is 1.78. The number of amides is 1. The summed E-state index contributed by atoms with van der Waals surface area (Å²) in [6, 6.07) is 6.52.